The summed E-state index contributed by atoms with van der Waals surface area (Å²) < 4.78 is 29.3. The maximum atomic E-state index is 13.1. The Bertz CT molecular complexity index is 596. The van der Waals surface area contributed by atoms with Gasteiger partial charge in [0.05, 0.1) is 0 Å². The largest absolute Gasteiger partial charge is 0.516 e. The van der Waals surface area contributed by atoms with E-state index in [1.807, 2.05) is 41.5 Å². The zero-order valence-electron chi connectivity index (χ0n) is 15.1. The molecule has 1 aromatic heterocycles. The Morgan fingerprint density at radius 1 is 1.12 bits per heavy atom. The highest BCUT2D eigenvalue weighted by Gasteiger charge is 2.28. The predicted octanol–water partition coefficient (Wildman–Crippen LogP) is 4.89. The molecule has 0 fully saturated rings. The number of aromatic nitrogens is 1. The van der Waals surface area contributed by atoms with Gasteiger partial charge in [-0.05, 0) is 32.3 Å². The molecular formula is C16H24F2N2O5. The lowest BCUT2D eigenvalue weighted by Crippen LogP contribution is -2.29. The molecule has 0 aliphatic carbocycles. The molecule has 7 nitrogen and oxygen atoms in total. The zero-order valence-corrected chi connectivity index (χ0v) is 15.1. The van der Waals surface area contributed by atoms with Crippen LogP contribution in [-0.2, 0) is 10.2 Å². The third kappa shape index (κ3) is 8.83. The minimum absolute atomic E-state index is 0.0595. The Balaban J connectivity index is 0.000000697. The Morgan fingerprint density at radius 2 is 1.60 bits per heavy atom. The van der Waals surface area contributed by atoms with Crippen molar-refractivity contribution in [2.45, 2.75) is 58.9 Å². The molecule has 1 heterocycles. The summed E-state index contributed by atoms with van der Waals surface area (Å²) in [5, 5.41) is 18.2. The van der Waals surface area contributed by atoms with Crippen molar-refractivity contribution in [2.24, 2.45) is 0 Å². The van der Waals surface area contributed by atoms with E-state index < -0.39 is 18.7 Å². The first kappa shape index (κ1) is 22.6. The summed E-state index contributed by atoms with van der Waals surface area (Å²) >= 11 is 0. The molecule has 0 atom stereocenters. The molecule has 0 aliphatic heterocycles. The van der Waals surface area contributed by atoms with Crippen LogP contribution in [0.5, 0.6) is 0 Å². The lowest BCUT2D eigenvalue weighted by Gasteiger charge is -2.29. The van der Waals surface area contributed by atoms with Crippen LogP contribution in [0, 0.1) is 0 Å². The van der Waals surface area contributed by atoms with Gasteiger partial charge in [0.2, 0.25) is 0 Å². The molecule has 0 spiro atoms. The lowest BCUT2D eigenvalue weighted by atomic mass is 9.83. The van der Waals surface area contributed by atoms with E-state index in [0.717, 1.165) is 0 Å². The second-order valence-corrected chi connectivity index (χ2v) is 7.18. The van der Waals surface area contributed by atoms with Crippen LogP contribution in [0.2, 0.25) is 0 Å². The highest BCUT2D eigenvalue weighted by Crippen LogP contribution is 2.36. The molecule has 0 unspecified atom stereocenters. The van der Waals surface area contributed by atoms with E-state index in [4.69, 9.17) is 10.2 Å². The number of nitrogens with zero attached hydrogens (tertiary/aromatic N) is 1. The maximum absolute atomic E-state index is 13.1. The van der Waals surface area contributed by atoms with Gasteiger partial charge in [-0.2, -0.15) is 0 Å². The monoisotopic (exact) mass is 362 g/mol. The molecule has 0 bridgehead atoms. The van der Waals surface area contributed by atoms with Crippen molar-refractivity contribution >= 4 is 18.1 Å². The molecule has 142 valence electrons. The quantitative estimate of drug-likeness (QED) is 0.508. The number of nitrogens with one attached hydrogen (secondary N) is 1. The van der Waals surface area contributed by atoms with E-state index in [2.05, 4.69) is 15.0 Å². The minimum Gasteiger partial charge on any atom is -0.449 e. The van der Waals surface area contributed by atoms with Crippen LogP contribution in [0.3, 0.4) is 0 Å². The van der Waals surface area contributed by atoms with Gasteiger partial charge < -0.3 is 20.3 Å². The van der Waals surface area contributed by atoms with Gasteiger partial charge in [-0.3, -0.25) is 0 Å². The Morgan fingerprint density at radius 3 is 1.88 bits per heavy atom. The van der Waals surface area contributed by atoms with Crippen LogP contribution < -0.4 is 5.32 Å². The van der Waals surface area contributed by atoms with E-state index in [9.17, 15) is 18.4 Å². The summed E-state index contributed by atoms with van der Waals surface area (Å²) in [7, 11) is 0. The minimum atomic E-state index is -2.48. The molecule has 9 heteroatoms. The van der Waals surface area contributed by atoms with E-state index in [-0.39, 0.29) is 16.5 Å². The number of hydrogen-bond donors (Lipinski definition) is 3. The number of hydrogen-bond acceptors (Lipinski definition) is 5. The van der Waals surface area contributed by atoms with E-state index >= 15 is 0 Å². The Labute approximate surface area is 145 Å². The fourth-order valence-corrected chi connectivity index (χ4v) is 1.97. The van der Waals surface area contributed by atoms with Crippen LogP contribution in [-0.4, -0.2) is 33.0 Å². The number of ether oxygens (including phenoxy) is 1. The van der Waals surface area contributed by atoms with Crippen LogP contribution in [0.1, 0.15) is 59.1 Å². The number of halogens is 2. The second-order valence-electron chi connectivity index (χ2n) is 7.18. The summed E-state index contributed by atoms with van der Waals surface area (Å²) in [5.74, 6) is 0.549. The SMILES string of the molecule is CC(C)(C)Nc1nccc(C(F)F)c1C(C)(C)C.O=C(O)OC(=O)O. The smallest absolute Gasteiger partial charge is 0.449 e. The lowest BCUT2D eigenvalue weighted by molar-refractivity contribution is 0.0801. The maximum Gasteiger partial charge on any atom is 0.516 e. The predicted molar refractivity (Wildman–Crippen MR) is 88.4 cm³/mol. The van der Waals surface area contributed by atoms with Crippen molar-refractivity contribution in [1.82, 2.24) is 4.98 Å². The molecule has 0 saturated heterocycles. The number of rotatable bonds is 2. The molecule has 0 aliphatic rings. The van der Waals surface area contributed by atoms with Gasteiger partial charge in [-0.1, -0.05) is 20.8 Å². The van der Waals surface area contributed by atoms with Crippen molar-refractivity contribution < 1.29 is 33.3 Å². The fraction of sp³-hybridized carbons (Fsp3) is 0.562. The van der Waals surface area contributed by atoms with Crippen molar-refractivity contribution in [2.75, 3.05) is 5.32 Å². The second kappa shape index (κ2) is 8.59. The van der Waals surface area contributed by atoms with Gasteiger partial charge in [0.25, 0.3) is 6.43 Å². The number of alkyl halides is 2. The number of carbonyl (C=O) groups is 2. The van der Waals surface area contributed by atoms with Crippen LogP contribution in [0.25, 0.3) is 0 Å². The van der Waals surface area contributed by atoms with Gasteiger partial charge >= 0.3 is 12.3 Å². The van der Waals surface area contributed by atoms with Crippen molar-refractivity contribution in [1.29, 1.82) is 0 Å². The van der Waals surface area contributed by atoms with Crippen molar-refractivity contribution in [3.05, 3.63) is 23.4 Å². The summed E-state index contributed by atoms with van der Waals surface area (Å²) in [5.41, 5.74) is 0.0561. The molecule has 0 radical (unpaired) electrons. The Kier molecular flexibility index (Phi) is 7.75. The average molecular weight is 362 g/mol. The molecule has 25 heavy (non-hydrogen) atoms. The van der Waals surface area contributed by atoms with Gasteiger partial charge in [-0.25, -0.2) is 23.4 Å². The number of pyridine rings is 1. The topological polar surface area (TPSA) is 109 Å². The zero-order chi connectivity index (χ0) is 20.0. The van der Waals surface area contributed by atoms with Gasteiger partial charge in [0.15, 0.2) is 0 Å². The first-order valence-corrected chi connectivity index (χ1v) is 7.34. The average Bonchev–Trinajstić information content (AvgIpc) is 2.33. The van der Waals surface area contributed by atoms with Crippen molar-refractivity contribution in [3.8, 4) is 0 Å². The van der Waals surface area contributed by atoms with Gasteiger partial charge in [0.1, 0.15) is 5.82 Å². The third-order valence-corrected chi connectivity index (χ3v) is 2.64. The number of anilines is 1. The first-order valence-electron chi connectivity index (χ1n) is 7.34. The summed E-state index contributed by atoms with van der Waals surface area (Å²) in [6, 6.07) is 1.40. The van der Waals surface area contributed by atoms with E-state index in [0.29, 0.717) is 11.4 Å². The van der Waals surface area contributed by atoms with Gasteiger partial charge in [0, 0.05) is 22.9 Å². The molecule has 3 N–H and O–H groups in total. The molecular weight excluding hydrogens is 338 g/mol. The summed E-state index contributed by atoms with van der Waals surface area (Å²) in [6.45, 7) is 11.7. The fourth-order valence-electron chi connectivity index (χ4n) is 1.97. The van der Waals surface area contributed by atoms with Gasteiger partial charge in [-0.15, -0.1) is 0 Å². The summed E-state index contributed by atoms with van der Waals surface area (Å²) in [6.07, 6.45) is -4.67. The molecule has 1 aromatic rings. The Hall–Kier alpha value is -2.45. The normalized spacial score (nSPS) is 11.4. The molecule has 0 aromatic carbocycles. The highest BCUT2D eigenvalue weighted by molar-refractivity contribution is 5.74. The molecule has 0 amide bonds. The standard InChI is InChI=1S/C14H22F2N2.C2H2O5/c1-13(2,3)10-9(11(15)16)7-8-17-12(10)18-14(4,5)6;3-1(4)7-2(5)6/h7-8,11H,1-6H3,(H,17,18);(H,3,4)(H,5,6). The molecule has 0 saturated carbocycles. The van der Waals surface area contributed by atoms with Crippen LogP contribution in [0.4, 0.5) is 24.2 Å². The van der Waals surface area contributed by atoms with E-state index in [1.54, 1.807) is 0 Å². The van der Waals surface area contributed by atoms with Crippen LogP contribution in [0.15, 0.2) is 12.3 Å². The van der Waals surface area contributed by atoms with E-state index in [1.165, 1.54) is 12.3 Å². The number of carboxylic acid groups (broad SMARTS) is 2. The first-order chi connectivity index (χ1) is 11.1. The van der Waals surface area contributed by atoms with Crippen molar-refractivity contribution in [3.63, 3.8) is 0 Å². The summed E-state index contributed by atoms with van der Waals surface area (Å²) in [4.78, 5) is 22.6. The molecule has 1 rings (SSSR count). The van der Waals surface area contributed by atoms with Crippen LogP contribution >= 0.6 is 0 Å². The third-order valence-electron chi connectivity index (χ3n) is 2.64. The highest BCUT2D eigenvalue weighted by atomic mass is 19.3.